The molecule has 0 spiro atoms. The molecule has 0 saturated carbocycles. The van der Waals surface area contributed by atoms with Crippen molar-refractivity contribution in [3.8, 4) is 5.75 Å². The van der Waals surface area contributed by atoms with Gasteiger partial charge in [-0.25, -0.2) is 4.98 Å². The Labute approximate surface area is 136 Å². The first kappa shape index (κ1) is 15.6. The van der Waals surface area contributed by atoms with E-state index in [2.05, 4.69) is 20.6 Å². The monoisotopic (exact) mass is 314 g/mol. The van der Waals surface area contributed by atoms with Crippen LogP contribution in [0, 0.1) is 0 Å². The lowest BCUT2D eigenvalue weighted by molar-refractivity contribution is 0.120. The maximum absolute atomic E-state index is 5.60. The van der Waals surface area contributed by atoms with E-state index in [0.717, 1.165) is 43.2 Å². The molecule has 1 fully saturated rings. The van der Waals surface area contributed by atoms with E-state index in [0.29, 0.717) is 12.6 Å². The summed E-state index contributed by atoms with van der Waals surface area (Å²) in [4.78, 5) is 8.72. The summed E-state index contributed by atoms with van der Waals surface area (Å²) in [7, 11) is 0. The molecule has 23 heavy (non-hydrogen) atoms. The molecule has 6 heteroatoms. The molecule has 2 heterocycles. The molecule has 0 bridgehead atoms. The molecular weight excluding hydrogens is 292 g/mol. The maximum Gasteiger partial charge on any atom is 0.229 e. The Morgan fingerprint density at radius 1 is 1.26 bits per heavy atom. The number of nitrogens with one attached hydrogen (secondary N) is 2. The van der Waals surface area contributed by atoms with Crippen LogP contribution in [0.25, 0.3) is 0 Å². The number of rotatable bonds is 7. The Balaban J connectivity index is 1.57. The van der Waals surface area contributed by atoms with Crippen molar-refractivity contribution in [2.75, 3.05) is 30.4 Å². The molecular formula is C17H22N4O2. The normalized spacial score (nSPS) is 17.0. The summed E-state index contributed by atoms with van der Waals surface area (Å²) < 4.78 is 11.0. The third-order valence-corrected chi connectivity index (χ3v) is 3.61. The van der Waals surface area contributed by atoms with Gasteiger partial charge in [-0.15, -0.1) is 0 Å². The van der Waals surface area contributed by atoms with Gasteiger partial charge < -0.3 is 20.1 Å². The minimum atomic E-state index is 0.285. The molecule has 0 aliphatic carbocycles. The van der Waals surface area contributed by atoms with Crippen LogP contribution in [-0.4, -0.2) is 35.8 Å². The number of benzene rings is 1. The lowest BCUT2D eigenvalue weighted by Gasteiger charge is -2.12. The van der Waals surface area contributed by atoms with Gasteiger partial charge in [0.05, 0.1) is 12.7 Å². The molecule has 0 amide bonds. The zero-order valence-corrected chi connectivity index (χ0v) is 13.3. The first-order chi connectivity index (χ1) is 11.3. The second-order valence-electron chi connectivity index (χ2n) is 5.36. The van der Waals surface area contributed by atoms with Gasteiger partial charge >= 0.3 is 0 Å². The second-order valence-corrected chi connectivity index (χ2v) is 5.36. The maximum atomic E-state index is 5.60. The summed E-state index contributed by atoms with van der Waals surface area (Å²) in [6.45, 7) is 4.27. The molecule has 122 valence electrons. The minimum absolute atomic E-state index is 0.285. The number of aromatic nitrogens is 2. The third kappa shape index (κ3) is 4.56. The van der Waals surface area contributed by atoms with Gasteiger partial charge in [0, 0.05) is 25.0 Å². The topological polar surface area (TPSA) is 68.3 Å². The van der Waals surface area contributed by atoms with E-state index in [4.69, 9.17) is 9.47 Å². The lowest BCUT2D eigenvalue weighted by atomic mass is 10.2. The van der Waals surface area contributed by atoms with Crippen LogP contribution in [0.2, 0.25) is 0 Å². The van der Waals surface area contributed by atoms with E-state index < -0.39 is 0 Å². The Bertz CT molecular complexity index is 612. The quantitative estimate of drug-likeness (QED) is 0.818. The molecule has 2 N–H and O–H groups in total. The Kier molecular flexibility index (Phi) is 5.26. The first-order valence-electron chi connectivity index (χ1n) is 8.02. The predicted octanol–water partition coefficient (Wildman–Crippen LogP) is 3.21. The van der Waals surface area contributed by atoms with E-state index in [-0.39, 0.29) is 6.10 Å². The average Bonchev–Trinajstić information content (AvgIpc) is 3.09. The van der Waals surface area contributed by atoms with Crippen LogP contribution >= 0.6 is 0 Å². The van der Waals surface area contributed by atoms with E-state index >= 15 is 0 Å². The zero-order valence-electron chi connectivity index (χ0n) is 13.3. The highest BCUT2D eigenvalue weighted by Crippen LogP contribution is 2.19. The van der Waals surface area contributed by atoms with E-state index in [1.54, 1.807) is 6.20 Å². The van der Waals surface area contributed by atoms with Crippen molar-refractivity contribution in [3.63, 3.8) is 0 Å². The van der Waals surface area contributed by atoms with Crippen LogP contribution < -0.4 is 15.4 Å². The standard InChI is InChI=1S/C17H22N4O2/c1-2-22-14-7-5-13(6-8-14)20-17-18-10-9-16(21-17)19-12-15-4-3-11-23-15/h5-10,15H,2-4,11-12H2,1H3,(H2,18,19,20,21). The molecule has 1 atom stereocenters. The molecule has 1 saturated heterocycles. The molecule has 1 aromatic heterocycles. The van der Waals surface area contributed by atoms with Crippen molar-refractivity contribution in [3.05, 3.63) is 36.5 Å². The van der Waals surface area contributed by atoms with Crippen LogP contribution in [0.1, 0.15) is 19.8 Å². The van der Waals surface area contributed by atoms with Crippen LogP contribution in [0.4, 0.5) is 17.5 Å². The van der Waals surface area contributed by atoms with Crippen LogP contribution in [0.15, 0.2) is 36.5 Å². The van der Waals surface area contributed by atoms with E-state index in [9.17, 15) is 0 Å². The number of hydrogen-bond acceptors (Lipinski definition) is 6. The number of ether oxygens (including phenoxy) is 2. The van der Waals surface area contributed by atoms with Crippen molar-refractivity contribution < 1.29 is 9.47 Å². The average molecular weight is 314 g/mol. The van der Waals surface area contributed by atoms with Gasteiger partial charge in [-0.05, 0) is 50.1 Å². The smallest absolute Gasteiger partial charge is 0.229 e. The van der Waals surface area contributed by atoms with Gasteiger partial charge in [0.1, 0.15) is 11.6 Å². The highest BCUT2D eigenvalue weighted by Gasteiger charge is 2.15. The number of hydrogen-bond donors (Lipinski definition) is 2. The fraction of sp³-hybridized carbons (Fsp3) is 0.412. The Morgan fingerprint density at radius 2 is 2.13 bits per heavy atom. The number of anilines is 3. The fourth-order valence-electron chi connectivity index (χ4n) is 2.47. The molecule has 3 rings (SSSR count). The van der Waals surface area contributed by atoms with E-state index in [1.807, 2.05) is 37.3 Å². The summed E-state index contributed by atoms with van der Waals surface area (Å²) >= 11 is 0. The summed E-state index contributed by atoms with van der Waals surface area (Å²) in [5.74, 6) is 2.21. The summed E-state index contributed by atoms with van der Waals surface area (Å²) in [6.07, 6.45) is 4.27. The van der Waals surface area contributed by atoms with Crippen molar-refractivity contribution in [2.24, 2.45) is 0 Å². The molecule has 2 aromatic rings. The zero-order chi connectivity index (χ0) is 15.9. The van der Waals surface area contributed by atoms with Crippen molar-refractivity contribution in [1.82, 2.24) is 9.97 Å². The highest BCUT2D eigenvalue weighted by atomic mass is 16.5. The van der Waals surface area contributed by atoms with Gasteiger partial charge in [-0.1, -0.05) is 0 Å². The number of nitrogens with zero attached hydrogens (tertiary/aromatic N) is 2. The van der Waals surface area contributed by atoms with Gasteiger partial charge in [0.2, 0.25) is 5.95 Å². The van der Waals surface area contributed by atoms with Gasteiger partial charge in [0.25, 0.3) is 0 Å². The molecule has 1 aromatic carbocycles. The van der Waals surface area contributed by atoms with Crippen molar-refractivity contribution in [1.29, 1.82) is 0 Å². The SMILES string of the molecule is CCOc1ccc(Nc2nccc(NCC3CCCO3)n2)cc1. The van der Waals surface area contributed by atoms with Gasteiger partial charge in [-0.3, -0.25) is 0 Å². The largest absolute Gasteiger partial charge is 0.494 e. The fourth-order valence-corrected chi connectivity index (χ4v) is 2.47. The molecule has 0 radical (unpaired) electrons. The van der Waals surface area contributed by atoms with Crippen LogP contribution in [-0.2, 0) is 4.74 Å². The summed E-state index contributed by atoms with van der Waals surface area (Å²) in [6, 6.07) is 9.59. The predicted molar refractivity (Wildman–Crippen MR) is 90.4 cm³/mol. The van der Waals surface area contributed by atoms with Crippen LogP contribution in [0.3, 0.4) is 0 Å². The molecule has 1 aliphatic rings. The molecule has 1 aliphatic heterocycles. The summed E-state index contributed by atoms with van der Waals surface area (Å²) in [5.41, 5.74) is 0.921. The van der Waals surface area contributed by atoms with E-state index in [1.165, 1.54) is 0 Å². The molecule has 6 nitrogen and oxygen atoms in total. The first-order valence-corrected chi connectivity index (χ1v) is 8.02. The third-order valence-electron chi connectivity index (χ3n) is 3.61. The Hall–Kier alpha value is -2.34. The van der Waals surface area contributed by atoms with Crippen LogP contribution in [0.5, 0.6) is 5.75 Å². The highest BCUT2D eigenvalue weighted by molar-refractivity contribution is 5.55. The molecule has 1 unspecified atom stereocenters. The van der Waals surface area contributed by atoms with Crippen molar-refractivity contribution >= 4 is 17.5 Å². The summed E-state index contributed by atoms with van der Waals surface area (Å²) in [5, 5.41) is 6.50. The van der Waals surface area contributed by atoms with Gasteiger partial charge in [-0.2, -0.15) is 4.98 Å². The van der Waals surface area contributed by atoms with Gasteiger partial charge in [0.15, 0.2) is 0 Å². The minimum Gasteiger partial charge on any atom is -0.494 e. The second kappa shape index (κ2) is 7.78. The Morgan fingerprint density at radius 3 is 2.87 bits per heavy atom. The lowest BCUT2D eigenvalue weighted by Crippen LogP contribution is -2.19. The van der Waals surface area contributed by atoms with Crippen molar-refractivity contribution in [2.45, 2.75) is 25.9 Å².